The molecule has 2 heterocycles. The number of nitrogens with one attached hydrogen (secondary N) is 2. The van der Waals surface area contributed by atoms with Crippen LogP contribution >= 0.6 is 22.9 Å². The van der Waals surface area contributed by atoms with Gasteiger partial charge in [-0.15, -0.1) is 0 Å². The first-order chi connectivity index (χ1) is 10.7. The van der Waals surface area contributed by atoms with Gasteiger partial charge in [0.1, 0.15) is 4.34 Å². The van der Waals surface area contributed by atoms with E-state index < -0.39 is 0 Å². The third kappa shape index (κ3) is 3.91. The Morgan fingerprint density at radius 3 is 2.55 bits per heavy atom. The average Bonchev–Trinajstić information content (AvgIpc) is 2.95. The Kier molecular flexibility index (Phi) is 5.55. The molecule has 0 atom stereocenters. The van der Waals surface area contributed by atoms with Crippen molar-refractivity contribution in [2.75, 3.05) is 18.4 Å². The minimum Gasteiger partial charge on any atom is -0.318 e. The monoisotopic (exact) mass is 342 g/mol. The molecule has 2 N–H and O–H groups in total. The smallest absolute Gasteiger partial charge is 0.318 e. The minimum absolute atomic E-state index is 0.00943. The van der Waals surface area contributed by atoms with Crippen molar-refractivity contribution in [2.45, 2.75) is 57.0 Å². The van der Waals surface area contributed by atoms with Gasteiger partial charge < -0.3 is 10.2 Å². The Labute approximate surface area is 140 Å². The highest BCUT2D eigenvalue weighted by Crippen LogP contribution is 2.29. The molecule has 2 amide bonds. The fourth-order valence-electron chi connectivity index (χ4n) is 3.54. The van der Waals surface area contributed by atoms with E-state index in [0.29, 0.717) is 21.6 Å². The number of aromatic nitrogens is 1. The summed E-state index contributed by atoms with van der Waals surface area (Å²) >= 11 is 7.21. The summed E-state index contributed by atoms with van der Waals surface area (Å²) in [5, 5.41) is 6.91. The summed E-state index contributed by atoms with van der Waals surface area (Å²) in [4.78, 5) is 19.1. The highest BCUT2D eigenvalue weighted by atomic mass is 35.5. The first kappa shape index (κ1) is 16.0. The summed E-state index contributed by atoms with van der Waals surface area (Å²) in [6, 6.07) is 0.692. The van der Waals surface area contributed by atoms with Crippen LogP contribution in [0.3, 0.4) is 0 Å². The number of piperidine rings is 1. The lowest BCUT2D eigenvalue weighted by atomic mass is 9.92. The zero-order valence-corrected chi connectivity index (χ0v) is 14.3. The van der Waals surface area contributed by atoms with E-state index in [0.717, 1.165) is 38.8 Å². The van der Waals surface area contributed by atoms with Crippen LogP contribution in [0.15, 0.2) is 6.20 Å². The summed E-state index contributed by atoms with van der Waals surface area (Å²) in [7, 11) is 0. The predicted molar refractivity (Wildman–Crippen MR) is 90.7 cm³/mol. The third-order valence-corrected chi connectivity index (χ3v) is 5.63. The second-order valence-corrected chi connectivity index (χ2v) is 7.74. The largest absolute Gasteiger partial charge is 0.324 e. The lowest BCUT2D eigenvalue weighted by Crippen LogP contribution is -2.53. The molecule has 22 heavy (non-hydrogen) atoms. The Bertz CT molecular complexity index is 479. The fraction of sp³-hybridized carbons (Fsp3) is 0.733. The quantitative estimate of drug-likeness (QED) is 0.880. The van der Waals surface area contributed by atoms with Crippen molar-refractivity contribution in [1.29, 1.82) is 0 Å². The highest BCUT2D eigenvalue weighted by Gasteiger charge is 2.32. The molecular formula is C15H23ClN4OS. The summed E-state index contributed by atoms with van der Waals surface area (Å²) in [6.07, 6.45) is 9.62. The number of thiazole rings is 1. The van der Waals surface area contributed by atoms with Gasteiger partial charge >= 0.3 is 6.03 Å². The van der Waals surface area contributed by atoms with Crippen molar-refractivity contribution in [3.05, 3.63) is 10.5 Å². The molecule has 0 unspecified atom stereocenters. The van der Waals surface area contributed by atoms with Crippen LogP contribution < -0.4 is 10.6 Å². The molecule has 1 aliphatic heterocycles. The van der Waals surface area contributed by atoms with Crippen LogP contribution in [0.5, 0.6) is 0 Å². The van der Waals surface area contributed by atoms with Crippen LogP contribution in [-0.4, -0.2) is 41.1 Å². The van der Waals surface area contributed by atoms with E-state index >= 15 is 0 Å². The molecule has 0 radical (unpaired) electrons. The van der Waals surface area contributed by atoms with Crippen LogP contribution in [0.4, 0.5) is 9.93 Å². The van der Waals surface area contributed by atoms with Gasteiger partial charge in [-0.1, -0.05) is 42.2 Å². The molecule has 2 fully saturated rings. The van der Waals surface area contributed by atoms with Crippen molar-refractivity contribution in [2.24, 2.45) is 0 Å². The molecule has 3 rings (SSSR count). The van der Waals surface area contributed by atoms with E-state index in [9.17, 15) is 4.79 Å². The number of nitrogens with zero attached hydrogens (tertiary/aromatic N) is 2. The topological polar surface area (TPSA) is 57.3 Å². The molecular weight excluding hydrogens is 320 g/mol. The van der Waals surface area contributed by atoms with E-state index in [1.54, 1.807) is 6.20 Å². The molecule has 0 bridgehead atoms. The van der Waals surface area contributed by atoms with Crippen LogP contribution in [0.25, 0.3) is 0 Å². The number of carbonyl (C=O) groups excluding carboxylic acids is 1. The maximum atomic E-state index is 12.8. The Morgan fingerprint density at radius 1 is 1.23 bits per heavy atom. The number of urea groups is 1. The number of hydrogen-bond donors (Lipinski definition) is 2. The normalized spacial score (nSPS) is 20.8. The summed E-state index contributed by atoms with van der Waals surface area (Å²) < 4.78 is 0.599. The Balaban J connectivity index is 1.72. The number of anilines is 1. The van der Waals surface area contributed by atoms with Gasteiger partial charge in [0.2, 0.25) is 0 Å². The van der Waals surface area contributed by atoms with Crippen molar-refractivity contribution in [3.63, 3.8) is 0 Å². The van der Waals surface area contributed by atoms with Crippen LogP contribution in [0, 0.1) is 0 Å². The van der Waals surface area contributed by atoms with Gasteiger partial charge in [-0.25, -0.2) is 9.78 Å². The Morgan fingerprint density at radius 2 is 1.91 bits per heavy atom. The van der Waals surface area contributed by atoms with Gasteiger partial charge in [-0.05, 0) is 38.8 Å². The highest BCUT2D eigenvalue weighted by molar-refractivity contribution is 7.19. The molecule has 7 heteroatoms. The molecule has 5 nitrogen and oxygen atoms in total. The second-order valence-electron chi connectivity index (χ2n) is 6.08. The molecule has 1 saturated heterocycles. The molecule has 122 valence electrons. The van der Waals surface area contributed by atoms with Crippen molar-refractivity contribution < 1.29 is 4.79 Å². The number of halogens is 1. The molecule has 1 saturated carbocycles. The lowest BCUT2D eigenvalue weighted by Gasteiger charge is -2.41. The molecule has 0 aromatic carbocycles. The molecule has 1 aromatic heterocycles. The molecule has 1 aromatic rings. The molecule has 0 spiro atoms. The number of hydrogen-bond acceptors (Lipinski definition) is 4. The standard InChI is InChI=1S/C15H23ClN4OS/c16-13-10-18-14(22-13)19-15(21)20(11-4-2-1-3-5-11)12-6-8-17-9-7-12/h10-12,17H,1-9H2,(H,18,19,21). The maximum Gasteiger partial charge on any atom is 0.324 e. The van der Waals surface area contributed by atoms with Crippen molar-refractivity contribution in [3.8, 4) is 0 Å². The summed E-state index contributed by atoms with van der Waals surface area (Å²) in [5.74, 6) is 0. The second kappa shape index (κ2) is 7.62. The zero-order chi connectivity index (χ0) is 15.4. The maximum absolute atomic E-state index is 12.8. The van der Waals surface area contributed by atoms with Gasteiger partial charge in [0.25, 0.3) is 0 Å². The van der Waals surface area contributed by atoms with Gasteiger partial charge in [-0.2, -0.15) is 0 Å². The average molecular weight is 343 g/mol. The Hall–Kier alpha value is -0.850. The number of carbonyl (C=O) groups is 1. The van der Waals surface area contributed by atoms with E-state index in [4.69, 9.17) is 11.6 Å². The van der Waals surface area contributed by atoms with Crippen LogP contribution in [0.2, 0.25) is 4.34 Å². The van der Waals surface area contributed by atoms with Crippen molar-refractivity contribution in [1.82, 2.24) is 15.2 Å². The fourth-order valence-corrected chi connectivity index (χ4v) is 4.34. The molecule has 1 aliphatic carbocycles. The predicted octanol–water partition coefficient (Wildman–Crippen LogP) is 3.72. The zero-order valence-electron chi connectivity index (χ0n) is 12.7. The number of rotatable bonds is 3. The minimum atomic E-state index is -0.00943. The molecule has 2 aliphatic rings. The van der Waals surface area contributed by atoms with Gasteiger partial charge in [-0.3, -0.25) is 5.32 Å². The summed E-state index contributed by atoms with van der Waals surface area (Å²) in [6.45, 7) is 1.98. The van der Waals surface area contributed by atoms with Gasteiger partial charge in [0.15, 0.2) is 5.13 Å². The summed E-state index contributed by atoms with van der Waals surface area (Å²) in [5.41, 5.74) is 0. The van der Waals surface area contributed by atoms with E-state index in [1.165, 1.54) is 30.6 Å². The SMILES string of the molecule is O=C(Nc1ncc(Cl)s1)N(C1CCCCC1)C1CCNCC1. The van der Waals surface area contributed by atoms with Gasteiger partial charge in [0.05, 0.1) is 6.20 Å². The first-order valence-corrected chi connectivity index (χ1v) is 9.35. The van der Waals surface area contributed by atoms with E-state index in [-0.39, 0.29) is 6.03 Å². The van der Waals surface area contributed by atoms with Gasteiger partial charge in [0, 0.05) is 12.1 Å². The third-order valence-electron chi connectivity index (χ3n) is 4.60. The van der Waals surface area contributed by atoms with E-state index in [2.05, 4.69) is 20.5 Å². The lowest BCUT2D eigenvalue weighted by molar-refractivity contribution is 0.117. The van der Waals surface area contributed by atoms with Crippen LogP contribution in [0.1, 0.15) is 44.9 Å². The van der Waals surface area contributed by atoms with Crippen molar-refractivity contribution >= 4 is 34.1 Å². The number of amides is 2. The first-order valence-electron chi connectivity index (χ1n) is 8.15. The van der Waals surface area contributed by atoms with Crippen LogP contribution in [-0.2, 0) is 0 Å². The van der Waals surface area contributed by atoms with E-state index in [1.807, 2.05) is 0 Å².